The van der Waals surface area contributed by atoms with Gasteiger partial charge >= 0.3 is 0 Å². The van der Waals surface area contributed by atoms with Gasteiger partial charge in [-0.1, -0.05) is 29.6 Å². The Labute approximate surface area is 218 Å². The summed E-state index contributed by atoms with van der Waals surface area (Å²) >= 11 is 1.45. The van der Waals surface area contributed by atoms with E-state index >= 15 is 0 Å². The zero-order valence-electron chi connectivity index (χ0n) is 19.1. The molecule has 2 aromatic carbocycles. The molecule has 3 heterocycles. The Balaban J connectivity index is 0.00000304. The van der Waals surface area contributed by atoms with E-state index in [-0.39, 0.29) is 23.0 Å². The maximum Gasteiger partial charge on any atom is 0.245 e. The quantitative estimate of drug-likeness (QED) is 0.268. The summed E-state index contributed by atoms with van der Waals surface area (Å²) in [5, 5.41) is 6.76. The average Bonchev–Trinajstić information content (AvgIpc) is 3.23. The Morgan fingerprint density at radius 1 is 1.00 bits per heavy atom. The summed E-state index contributed by atoms with van der Waals surface area (Å²) < 4.78 is 28.3. The number of nitrogens with one attached hydrogen (secondary N) is 2. The van der Waals surface area contributed by atoms with E-state index < -0.39 is 10.0 Å². The minimum absolute atomic E-state index is 0. The van der Waals surface area contributed by atoms with Crippen molar-refractivity contribution in [3.63, 3.8) is 0 Å². The van der Waals surface area contributed by atoms with Crippen molar-refractivity contribution in [3.8, 4) is 0 Å². The summed E-state index contributed by atoms with van der Waals surface area (Å²) in [4.78, 5) is 13.0. The van der Waals surface area contributed by atoms with Crippen molar-refractivity contribution in [3.05, 3.63) is 59.9 Å². The lowest BCUT2D eigenvalue weighted by molar-refractivity contribution is 0.360. The smallest absolute Gasteiger partial charge is 0.245 e. The molecule has 6 N–H and O–H groups in total. The second-order valence-corrected chi connectivity index (χ2v) is 11.0. The summed E-state index contributed by atoms with van der Waals surface area (Å²) in [5.74, 6) is 0.376. The Morgan fingerprint density at radius 2 is 1.72 bits per heavy atom. The van der Waals surface area contributed by atoms with E-state index in [4.69, 9.17) is 11.5 Å². The summed E-state index contributed by atoms with van der Waals surface area (Å²) in [6, 6.07) is 10.7. The standard InChI is InChI=1S/C23H24N8O2S2.ClH/c24-18-12-17(4-6-21(18)35(32,33)31-9-7-26-8-10-31)29-23-27-13-16(14-28-23)2-1-15-3-5-19-20(11-15)34-22(25)30-19;/h1-6,11-14,26H,7-10,24H2,(H2,25,30)(H,27,28,29);1H/b2-1+;. The number of sulfonamides is 1. The molecule has 2 aromatic heterocycles. The SMILES string of the molecule is Cl.Nc1nc2ccc(/C=C/c3cnc(Nc4ccc(S(=O)(=O)N5CCNCC5)c(N)c4)nc3)cc2s1. The highest BCUT2D eigenvalue weighted by atomic mass is 35.5. The van der Waals surface area contributed by atoms with Crippen LogP contribution in [0.3, 0.4) is 0 Å². The fourth-order valence-electron chi connectivity index (χ4n) is 3.76. The largest absolute Gasteiger partial charge is 0.398 e. The van der Waals surface area contributed by atoms with Gasteiger partial charge in [0, 0.05) is 49.8 Å². The number of thiazole rings is 1. The number of hydrogen-bond acceptors (Lipinski definition) is 10. The topological polar surface area (TPSA) is 152 Å². The Bertz CT molecular complexity index is 1500. The zero-order chi connectivity index (χ0) is 24.4. The minimum Gasteiger partial charge on any atom is -0.398 e. The second-order valence-electron chi connectivity index (χ2n) is 7.98. The van der Waals surface area contributed by atoms with Crippen molar-refractivity contribution in [1.29, 1.82) is 0 Å². The number of rotatable bonds is 6. The third-order valence-corrected chi connectivity index (χ3v) is 8.35. The lowest BCUT2D eigenvalue weighted by atomic mass is 10.2. The lowest BCUT2D eigenvalue weighted by Crippen LogP contribution is -2.46. The van der Waals surface area contributed by atoms with Gasteiger partial charge in [-0.05, 0) is 35.9 Å². The molecule has 36 heavy (non-hydrogen) atoms. The van der Waals surface area contributed by atoms with Gasteiger partial charge < -0.3 is 22.1 Å². The number of hydrogen-bond donors (Lipinski definition) is 4. The summed E-state index contributed by atoms with van der Waals surface area (Å²) in [5.41, 5.74) is 15.4. The number of benzene rings is 2. The molecule has 1 aliphatic rings. The van der Waals surface area contributed by atoms with Gasteiger partial charge in [-0.2, -0.15) is 4.31 Å². The molecule has 4 aromatic rings. The van der Waals surface area contributed by atoms with E-state index in [0.717, 1.165) is 21.3 Å². The molecule has 1 fully saturated rings. The zero-order valence-corrected chi connectivity index (χ0v) is 21.5. The van der Waals surface area contributed by atoms with Crippen molar-refractivity contribution in [2.75, 3.05) is 43.0 Å². The van der Waals surface area contributed by atoms with Crippen molar-refractivity contribution < 1.29 is 8.42 Å². The predicted octanol–water partition coefficient (Wildman–Crippen LogP) is 3.18. The molecule has 1 aliphatic heterocycles. The third kappa shape index (κ3) is 5.58. The molecule has 188 valence electrons. The van der Waals surface area contributed by atoms with Crippen LogP contribution in [0.5, 0.6) is 0 Å². The van der Waals surface area contributed by atoms with E-state index in [1.54, 1.807) is 24.5 Å². The molecule has 0 amide bonds. The highest BCUT2D eigenvalue weighted by molar-refractivity contribution is 7.89. The normalized spacial score (nSPS) is 14.7. The van der Waals surface area contributed by atoms with Crippen LogP contribution in [-0.4, -0.2) is 53.9 Å². The van der Waals surface area contributed by atoms with Crippen LogP contribution < -0.4 is 22.1 Å². The maximum absolute atomic E-state index is 12.9. The molecule has 13 heteroatoms. The van der Waals surface area contributed by atoms with Gasteiger partial charge in [-0.3, -0.25) is 0 Å². The van der Waals surface area contributed by atoms with E-state index in [1.807, 2.05) is 30.4 Å². The van der Waals surface area contributed by atoms with Gasteiger partial charge in [0.1, 0.15) is 4.90 Å². The van der Waals surface area contributed by atoms with Crippen molar-refractivity contribution in [2.45, 2.75) is 4.90 Å². The molecule has 0 radical (unpaired) electrons. The number of fused-ring (bicyclic) bond motifs is 1. The van der Waals surface area contributed by atoms with Gasteiger partial charge in [-0.15, -0.1) is 12.4 Å². The lowest BCUT2D eigenvalue weighted by Gasteiger charge is -2.27. The first-order valence-electron chi connectivity index (χ1n) is 10.9. The van der Waals surface area contributed by atoms with Crippen LogP contribution >= 0.6 is 23.7 Å². The number of nitrogens with two attached hydrogens (primary N) is 2. The second kappa shape index (κ2) is 10.8. The number of halogens is 1. The van der Waals surface area contributed by atoms with Crippen molar-refractivity contribution >= 4 is 78.6 Å². The van der Waals surface area contributed by atoms with Crippen LogP contribution in [-0.2, 0) is 10.0 Å². The first-order valence-corrected chi connectivity index (χ1v) is 13.2. The van der Waals surface area contributed by atoms with Crippen LogP contribution in [0.15, 0.2) is 53.7 Å². The predicted molar refractivity (Wildman–Crippen MR) is 148 cm³/mol. The Hall–Kier alpha value is -3.29. The maximum atomic E-state index is 12.9. The molecule has 5 rings (SSSR count). The van der Waals surface area contributed by atoms with Crippen molar-refractivity contribution in [2.24, 2.45) is 0 Å². The molecule has 0 unspecified atom stereocenters. The van der Waals surface area contributed by atoms with Crippen LogP contribution in [0.2, 0.25) is 0 Å². The van der Waals surface area contributed by atoms with Gasteiger partial charge in [-0.25, -0.2) is 23.4 Å². The van der Waals surface area contributed by atoms with Crippen LogP contribution in [0.25, 0.3) is 22.4 Å². The summed E-state index contributed by atoms with van der Waals surface area (Å²) in [7, 11) is -3.64. The first-order chi connectivity index (χ1) is 16.9. The van der Waals surface area contributed by atoms with Crippen LogP contribution in [0.1, 0.15) is 11.1 Å². The summed E-state index contributed by atoms with van der Waals surface area (Å²) in [6.45, 7) is 2.09. The number of nitrogens with zero attached hydrogens (tertiary/aromatic N) is 4. The highest BCUT2D eigenvalue weighted by Gasteiger charge is 2.27. The molecule has 1 saturated heterocycles. The average molecular weight is 545 g/mol. The van der Waals surface area contributed by atoms with E-state index in [1.165, 1.54) is 21.7 Å². The number of anilines is 4. The fourth-order valence-corrected chi connectivity index (χ4v) is 6.08. The van der Waals surface area contributed by atoms with Crippen LogP contribution in [0, 0.1) is 0 Å². The number of piperazine rings is 1. The summed E-state index contributed by atoms with van der Waals surface area (Å²) in [6.07, 6.45) is 7.28. The molecule has 0 saturated carbocycles. The monoisotopic (exact) mass is 544 g/mol. The van der Waals surface area contributed by atoms with Gasteiger partial charge in [0.2, 0.25) is 16.0 Å². The molecule has 0 spiro atoms. The molecule has 0 bridgehead atoms. The third-order valence-electron chi connectivity index (χ3n) is 5.53. The van der Waals surface area contributed by atoms with Crippen molar-refractivity contribution in [1.82, 2.24) is 24.6 Å². The molecule has 0 atom stereocenters. The number of nitrogen functional groups attached to an aromatic ring is 2. The molecular weight excluding hydrogens is 520 g/mol. The first kappa shape index (κ1) is 25.8. The van der Waals surface area contributed by atoms with E-state index in [2.05, 4.69) is 25.6 Å². The van der Waals surface area contributed by atoms with Crippen LogP contribution in [0.4, 0.5) is 22.5 Å². The molecular formula is C23H25ClN8O2S2. The van der Waals surface area contributed by atoms with E-state index in [0.29, 0.717) is 42.9 Å². The molecule has 0 aliphatic carbocycles. The molecule has 10 nitrogen and oxygen atoms in total. The highest BCUT2D eigenvalue weighted by Crippen LogP contribution is 2.27. The Morgan fingerprint density at radius 3 is 2.44 bits per heavy atom. The van der Waals surface area contributed by atoms with Gasteiger partial charge in [0.25, 0.3) is 0 Å². The van der Waals surface area contributed by atoms with E-state index in [9.17, 15) is 8.42 Å². The van der Waals surface area contributed by atoms with Gasteiger partial charge in [0.05, 0.1) is 15.9 Å². The minimum atomic E-state index is -3.64. The fraction of sp³-hybridized carbons (Fsp3) is 0.174. The number of aromatic nitrogens is 3. The van der Waals surface area contributed by atoms with Gasteiger partial charge in [0.15, 0.2) is 5.13 Å². The Kier molecular flexibility index (Phi) is 7.71.